The predicted molar refractivity (Wildman–Crippen MR) is 50.2 cm³/mol. The number of likely N-dealkylation sites (N-methyl/N-ethyl adjacent to an activating group) is 2. The van der Waals surface area contributed by atoms with Gasteiger partial charge in [-0.2, -0.15) is 0 Å². The average Bonchev–Trinajstić information content (AvgIpc) is 2.05. The molecule has 0 spiro atoms. The van der Waals surface area contributed by atoms with E-state index in [-0.39, 0.29) is 6.61 Å². The van der Waals surface area contributed by atoms with Crippen LogP contribution in [0.3, 0.4) is 0 Å². The van der Waals surface area contributed by atoms with Gasteiger partial charge < -0.3 is 10.0 Å². The van der Waals surface area contributed by atoms with Crippen LogP contribution < -0.4 is 0 Å². The summed E-state index contributed by atoms with van der Waals surface area (Å²) in [4.78, 5) is 4.62. The van der Waals surface area contributed by atoms with E-state index in [0.29, 0.717) is 6.04 Å². The molecule has 1 aliphatic heterocycles. The molecule has 1 atom stereocenters. The van der Waals surface area contributed by atoms with Gasteiger partial charge >= 0.3 is 0 Å². The van der Waals surface area contributed by atoms with Crippen molar-refractivity contribution in [2.75, 3.05) is 40.3 Å². The zero-order valence-corrected chi connectivity index (χ0v) is 8.16. The van der Waals surface area contributed by atoms with Crippen molar-refractivity contribution < 1.29 is 5.11 Å². The minimum Gasteiger partial charge on any atom is -0.395 e. The lowest BCUT2D eigenvalue weighted by molar-refractivity contribution is 0.115. The van der Waals surface area contributed by atoms with Crippen LogP contribution in [0.2, 0.25) is 0 Å². The first kappa shape index (κ1) is 9.96. The van der Waals surface area contributed by atoms with Gasteiger partial charge in [0.05, 0.1) is 6.61 Å². The van der Waals surface area contributed by atoms with Gasteiger partial charge in [0.25, 0.3) is 0 Å². The lowest BCUT2D eigenvalue weighted by Gasteiger charge is -2.35. The second-order valence-corrected chi connectivity index (χ2v) is 3.76. The van der Waals surface area contributed by atoms with Crippen molar-refractivity contribution >= 4 is 0 Å². The van der Waals surface area contributed by atoms with Gasteiger partial charge in [0.1, 0.15) is 0 Å². The normalized spacial score (nSPS) is 26.5. The Kier molecular flexibility index (Phi) is 3.98. The van der Waals surface area contributed by atoms with E-state index in [0.717, 1.165) is 13.1 Å². The van der Waals surface area contributed by atoms with Crippen LogP contribution in [0.1, 0.15) is 12.8 Å². The first-order valence-corrected chi connectivity index (χ1v) is 4.73. The van der Waals surface area contributed by atoms with E-state index in [2.05, 4.69) is 23.9 Å². The van der Waals surface area contributed by atoms with E-state index in [1.54, 1.807) is 0 Å². The Labute approximate surface area is 75.0 Å². The Morgan fingerprint density at radius 1 is 1.58 bits per heavy atom. The maximum Gasteiger partial charge on any atom is 0.0558 e. The molecule has 1 fully saturated rings. The number of piperidine rings is 1. The van der Waals surface area contributed by atoms with Gasteiger partial charge in [-0.15, -0.1) is 0 Å². The Balaban J connectivity index is 2.29. The molecule has 0 amide bonds. The van der Waals surface area contributed by atoms with Crippen molar-refractivity contribution in [2.24, 2.45) is 0 Å². The lowest BCUT2D eigenvalue weighted by atomic mass is 10.1. The quantitative estimate of drug-likeness (QED) is 0.649. The molecule has 0 aromatic rings. The third kappa shape index (κ3) is 2.73. The van der Waals surface area contributed by atoms with Gasteiger partial charge in [0.15, 0.2) is 0 Å². The molecule has 1 saturated heterocycles. The van der Waals surface area contributed by atoms with Gasteiger partial charge in [0, 0.05) is 19.1 Å². The van der Waals surface area contributed by atoms with Crippen LogP contribution >= 0.6 is 0 Å². The van der Waals surface area contributed by atoms with Gasteiger partial charge in [-0.1, -0.05) is 0 Å². The highest BCUT2D eigenvalue weighted by Gasteiger charge is 2.19. The Bertz CT molecular complexity index is 130. The molecule has 3 heteroatoms. The fourth-order valence-electron chi connectivity index (χ4n) is 1.84. The maximum absolute atomic E-state index is 8.78. The highest BCUT2D eigenvalue weighted by molar-refractivity contribution is 4.77. The van der Waals surface area contributed by atoms with Crippen LogP contribution in [-0.4, -0.2) is 61.3 Å². The standard InChI is InChI=1S/C9H20N2O/c1-10-5-3-4-9(8-10)11(2)6-7-12/h9,12H,3-8H2,1-2H3/t9-/m0/s1. The Morgan fingerprint density at radius 2 is 2.33 bits per heavy atom. The van der Waals surface area contributed by atoms with Crippen molar-refractivity contribution in [3.05, 3.63) is 0 Å². The van der Waals surface area contributed by atoms with Crippen LogP contribution in [0.15, 0.2) is 0 Å². The van der Waals surface area contributed by atoms with E-state index < -0.39 is 0 Å². The third-order valence-corrected chi connectivity index (χ3v) is 2.68. The summed E-state index contributed by atoms with van der Waals surface area (Å²) >= 11 is 0. The highest BCUT2D eigenvalue weighted by Crippen LogP contribution is 2.12. The summed E-state index contributed by atoms with van der Waals surface area (Å²) < 4.78 is 0. The van der Waals surface area contributed by atoms with Crippen LogP contribution in [0, 0.1) is 0 Å². The fourth-order valence-corrected chi connectivity index (χ4v) is 1.84. The molecule has 0 bridgehead atoms. The molecule has 3 nitrogen and oxygen atoms in total. The van der Waals surface area contributed by atoms with Crippen LogP contribution in [-0.2, 0) is 0 Å². The number of aliphatic hydroxyl groups excluding tert-OH is 1. The number of nitrogens with zero attached hydrogens (tertiary/aromatic N) is 2. The Morgan fingerprint density at radius 3 is 2.92 bits per heavy atom. The van der Waals surface area contributed by atoms with E-state index in [9.17, 15) is 0 Å². The molecule has 12 heavy (non-hydrogen) atoms. The second-order valence-electron chi connectivity index (χ2n) is 3.76. The summed E-state index contributed by atoms with van der Waals surface area (Å²) in [7, 11) is 4.26. The predicted octanol–water partition coefficient (Wildman–Crippen LogP) is 0.00470. The van der Waals surface area contributed by atoms with Gasteiger partial charge in [-0.25, -0.2) is 0 Å². The first-order valence-electron chi connectivity index (χ1n) is 4.73. The smallest absolute Gasteiger partial charge is 0.0558 e. The van der Waals surface area contributed by atoms with E-state index in [1.165, 1.54) is 19.4 Å². The van der Waals surface area contributed by atoms with Crippen LogP contribution in [0.4, 0.5) is 0 Å². The number of hydrogen-bond donors (Lipinski definition) is 1. The molecule has 0 unspecified atom stereocenters. The molecule has 0 aromatic carbocycles. The molecule has 1 aliphatic rings. The van der Waals surface area contributed by atoms with E-state index >= 15 is 0 Å². The number of aliphatic hydroxyl groups is 1. The molecule has 1 rings (SSSR count). The average molecular weight is 172 g/mol. The SMILES string of the molecule is CN1CCC[C@H](N(C)CCO)C1. The molecular weight excluding hydrogens is 152 g/mol. The summed E-state index contributed by atoms with van der Waals surface area (Å²) in [5.74, 6) is 0. The molecule has 0 radical (unpaired) electrons. The number of hydrogen-bond acceptors (Lipinski definition) is 3. The van der Waals surface area contributed by atoms with Crippen LogP contribution in [0.25, 0.3) is 0 Å². The minimum absolute atomic E-state index is 0.275. The summed E-state index contributed by atoms with van der Waals surface area (Å²) in [6.45, 7) is 3.45. The largest absolute Gasteiger partial charge is 0.395 e. The summed E-state index contributed by atoms with van der Waals surface area (Å²) in [6, 6.07) is 0.649. The van der Waals surface area contributed by atoms with Crippen molar-refractivity contribution in [1.82, 2.24) is 9.80 Å². The second kappa shape index (κ2) is 4.80. The van der Waals surface area contributed by atoms with Crippen molar-refractivity contribution in [1.29, 1.82) is 0 Å². The Hall–Kier alpha value is -0.120. The number of likely N-dealkylation sites (tertiary alicyclic amines) is 1. The molecule has 1 heterocycles. The number of rotatable bonds is 3. The summed E-state index contributed by atoms with van der Waals surface area (Å²) in [5, 5.41) is 8.78. The summed E-state index contributed by atoms with van der Waals surface area (Å²) in [5.41, 5.74) is 0. The van der Waals surface area contributed by atoms with E-state index in [1.807, 2.05) is 0 Å². The molecule has 72 valence electrons. The molecular formula is C9H20N2O. The van der Waals surface area contributed by atoms with Gasteiger partial charge in [-0.05, 0) is 33.5 Å². The van der Waals surface area contributed by atoms with Gasteiger partial charge in [-0.3, -0.25) is 4.90 Å². The fraction of sp³-hybridized carbons (Fsp3) is 1.00. The zero-order valence-electron chi connectivity index (χ0n) is 8.16. The highest BCUT2D eigenvalue weighted by atomic mass is 16.3. The minimum atomic E-state index is 0.275. The van der Waals surface area contributed by atoms with Gasteiger partial charge in [0.2, 0.25) is 0 Å². The maximum atomic E-state index is 8.78. The van der Waals surface area contributed by atoms with Crippen LogP contribution in [0.5, 0.6) is 0 Å². The van der Waals surface area contributed by atoms with Crippen molar-refractivity contribution in [2.45, 2.75) is 18.9 Å². The zero-order chi connectivity index (χ0) is 8.97. The lowest BCUT2D eigenvalue weighted by Crippen LogP contribution is -2.45. The molecule has 0 saturated carbocycles. The van der Waals surface area contributed by atoms with E-state index in [4.69, 9.17) is 5.11 Å². The monoisotopic (exact) mass is 172 g/mol. The first-order chi connectivity index (χ1) is 5.74. The molecule has 0 aromatic heterocycles. The summed E-state index contributed by atoms with van der Waals surface area (Å²) in [6.07, 6.45) is 2.57. The molecule has 0 aliphatic carbocycles. The van der Waals surface area contributed by atoms with Crippen molar-refractivity contribution in [3.63, 3.8) is 0 Å². The van der Waals surface area contributed by atoms with Crippen molar-refractivity contribution in [3.8, 4) is 0 Å². The topological polar surface area (TPSA) is 26.7 Å². The molecule has 1 N–H and O–H groups in total. The third-order valence-electron chi connectivity index (χ3n) is 2.68.